The highest BCUT2D eigenvalue weighted by atomic mass is 16.5. The van der Waals surface area contributed by atoms with Crippen LogP contribution in [0, 0.1) is 0 Å². The molecule has 1 aromatic rings. The van der Waals surface area contributed by atoms with Gasteiger partial charge in [0.1, 0.15) is 0 Å². The molecule has 1 saturated heterocycles. The molecule has 0 unspecified atom stereocenters. The van der Waals surface area contributed by atoms with E-state index < -0.39 is 0 Å². The molecule has 1 heterocycles. The number of esters is 1. The van der Waals surface area contributed by atoms with Gasteiger partial charge in [-0.25, -0.2) is 4.79 Å². The topological polar surface area (TPSA) is 50.8 Å². The van der Waals surface area contributed by atoms with E-state index in [1.165, 1.54) is 7.11 Å². The van der Waals surface area contributed by atoms with E-state index in [0.717, 1.165) is 37.7 Å². The number of hydrogen-bond acceptors (Lipinski definition) is 5. The molecule has 0 saturated carbocycles. The lowest BCUT2D eigenvalue weighted by Gasteiger charge is -2.29. The maximum absolute atomic E-state index is 11.6. The van der Waals surface area contributed by atoms with Crippen molar-refractivity contribution in [3.63, 3.8) is 0 Å². The third kappa shape index (κ3) is 2.56. The van der Waals surface area contributed by atoms with Gasteiger partial charge in [0.05, 0.1) is 31.6 Å². The molecule has 0 aromatic heterocycles. The first-order chi connectivity index (χ1) is 8.76. The van der Waals surface area contributed by atoms with Crippen LogP contribution in [0.15, 0.2) is 18.2 Å². The molecule has 0 spiro atoms. The lowest BCUT2D eigenvalue weighted by atomic mass is 10.1. The van der Waals surface area contributed by atoms with Crippen molar-refractivity contribution in [3.8, 4) is 0 Å². The minimum absolute atomic E-state index is 0.326. The minimum Gasteiger partial charge on any atom is -0.465 e. The average molecular weight is 250 g/mol. The summed E-state index contributed by atoms with van der Waals surface area (Å²) in [5, 5.41) is 3.03. The molecule has 18 heavy (non-hydrogen) atoms. The average Bonchev–Trinajstić information content (AvgIpc) is 2.46. The molecular weight excluding hydrogens is 232 g/mol. The van der Waals surface area contributed by atoms with E-state index in [2.05, 4.69) is 10.2 Å². The molecular formula is C13H18N2O3. The lowest BCUT2D eigenvalue weighted by Crippen LogP contribution is -2.36. The fourth-order valence-electron chi connectivity index (χ4n) is 2.05. The summed E-state index contributed by atoms with van der Waals surface area (Å²) in [6, 6.07) is 5.71. The van der Waals surface area contributed by atoms with E-state index in [4.69, 9.17) is 9.47 Å². The van der Waals surface area contributed by atoms with Gasteiger partial charge in [-0.2, -0.15) is 0 Å². The SMILES string of the molecule is CNc1cc(N2CCOCC2)ccc1C(=O)OC. The molecule has 0 atom stereocenters. The molecule has 1 aliphatic heterocycles. The van der Waals surface area contributed by atoms with Crippen molar-refractivity contribution in [3.05, 3.63) is 23.8 Å². The van der Waals surface area contributed by atoms with E-state index in [9.17, 15) is 4.79 Å². The van der Waals surface area contributed by atoms with Crippen LogP contribution in [0.3, 0.4) is 0 Å². The zero-order valence-corrected chi connectivity index (χ0v) is 10.7. The molecule has 1 fully saturated rings. The normalized spacial score (nSPS) is 15.3. The summed E-state index contributed by atoms with van der Waals surface area (Å²) < 4.78 is 10.1. The van der Waals surface area contributed by atoms with Gasteiger partial charge >= 0.3 is 5.97 Å². The number of morpholine rings is 1. The van der Waals surface area contributed by atoms with Crippen molar-refractivity contribution in [2.75, 3.05) is 50.7 Å². The summed E-state index contributed by atoms with van der Waals surface area (Å²) in [7, 11) is 3.18. The predicted molar refractivity (Wildman–Crippen MR) is 70.4 cm³/mol. The third-order valence-corrected chi connectivity index (χ3v) is 3.05. The van der Waals surface area contributed by atoms with Gasteiger partial charge in [0.2, 0.25) is 0 Å². The van der Waals surface area contributed by atoms with Gasteiger partial charge in [0.15, 0.2) is 0 Å². The molecule has 0 aliphatic carbocycles. The minimum atomic E-state index is -0.326. The maximum atomic E-state index is 11.6. The van der Waals surface area contributed by atoms with E-state index in [0.29, 0.717) is 5.56 Å². The second kappa shape index (κ2) is 5.73. The predicted octanol–water partition coefficient (Wildman–Crippen LogP) is 1.35. The number of ether oxygens (including phenoxy) is 2. The number of methoxy groups -OCH3 is 1. The summed E-state index contributed by atoms with van der Waals surface area (Å²) >= 11 is 0. The summed E-state index contributed by atoms with van der Waals surface area (Å²) in [4.78, 5) is 13.8. The lowest BCUT2D eigenvalue weighted by molar-refractivity contribution is 0.0602. The van der Waals surface area contributed by atoms with Gasteiger partial charge in [0.25, 0.3) is 0 Å². The third-order valence-electron chi connectivity index (χ3n) is 3.05. The number of carbonyl (C=O) groups is 1. The fourth-order valence-corrected chi connectivity index (χ4v) is 2.05. The van der Waals surface area contributed by atoms with Crippen LogP contribution >= 0.6 is 0 Å². The summed E-state index contributed by atoms with van der Waals surface area (Å²) in [6.07, 6.45) is 0. The van der Waals surface area contributed by atoms with E-state index in [1.54, 1.807) is 13.1 Å². The Labute approximate surface area is 107 Å². The van der Waals surface area contributed by atoms with Gasteiger partial charge in [-0.1, -0.05) is 0 Å². The van der Waals surface area contributed by atoms with E-state index >= 15 is 0 Å². The number of hydrogen-bond donors (Lipinski definition) is 1. The highest BCUT2D eigenvalue weighted by Crippen LogP contribution is 2.24. The second-order valence-electron chi connectivity index (χ2n) is 4.07. The monoisotopic (exact) mass is 250 g/mol. The Morgan fingerprint density at radius 1 is 1.39 bits per heavy atom. The van der Waals surface area contributed by atoms with Crippen molar-refractivity contribution >= 4 is 17.3 Å². The van der Waals surface area contributed by atoms with Crippen LogP contribution in [0.5, 0.6) is 0 Å². The zero-order valence-electron chi connectivity index (χ0n) is 10.7. The van der Waals surface area contributed by atoms with Gasteiger partial charge < -0.3 is 19.7 Å². The standard InChI is InChI=1S/C13H18N2O3/c1-14-12-9-10(15-5-7-18-8-6-15)3-4-11(12)13(16)17-2/h3-4,9,14H,5-8H2,1-2H3. The smallest absolute Gasteiger partial charge is 0.339 e. The highest BCUT2D eigenvalue weighted by molar-refractivity contribution is 5.96. The van der Waals surface area contributed by atoms with Gasteiger partial charge in [-0.3, -0.25) is 0 Å². The molecule has 1 N–H and O–H groups in total. The Morgan fingerprint density at radius 3 is 2.72 bits per heavy atom. The number of nitrogens with one attached hydrogen (secondary N) is 1. The summed E-state index contributed by atoms with van der Waals surface area (Å²) in [5.41, 5.74) is 2.43. The second-order valence-corrected chi connectivity index (χ2v) is 4.07. The molecule has 0 amide bonds. The Morgan fingerprint density at radius 2 is 2.11 bits per heavy atom. The van der Waals surface area contributed by atoms with Crippen LogP contribution in [0.1, 0.15) is 10.4 Å². The molecule has 2 rings (SSSR count). The molecule has 0 radical (unpaired) electrons. The molecule has 98 valence electrons. The van der Waals surface area contributed by atoms with Gasteiger partial charge in [-0.05, 0) is 18.2 Å². The maximum Gasteiger partial charge on any atom is 0.339 e. The van der Waals surface area contributed by atoms with Crippen molar-refractivity contribution in [1.82, 2.24) is 0 Å². The summed E-state index contributed by atoms with van der Waals surface area (Å²) in [5.74, 6) is -0.326. The summed E-state index contributed by atoms with van der Waals surface area (Å²) in [6.45, 7) is 3.24. The van der Waals surface area contributed by atoms with Crippen LogP contribution in [0.4, 0.5) is 11.4 Å². The van der Waals surface area contributed by atoms with Crippen molar-refractivity contribution in [2.45, 2.75) is 0 Å². The molecule has 5 nitrogen and oxygen atoms in total. The molecule has 1 aromatic carbocycles. The zero-order chi connectivity index (χ0) is 13.0. The van der Waals surface area contributed by atoms with E-state index in [-0.39, 0.29) is 5.97 Å². The largest absolute Gasteiger partial charge is 0.465 e. The first-order valence-corrected chi connectivity index (χ1v) is 5.99. The number of nitrogens with zero attached hydrogens (tertiary/aromatic N) is 1. The van der Waals surface area contributed by atoms with Crippen LogP contribution < -0.4 is 10.2 Å². The Kier molecular flexibility index (Phi) is 4.04. The molecule has 5 heteroatoms. The van der Waals surface area contributed by atoms with Crippen LogP contribution in [-0.4, -0.2) is 46.4 Å². The quantitative estimate of drug-likeness (QED) is 0.821. The Hall–Kier alpha value is -1.75. The number of benzene rings is 1. The van der Waals surface area contributed by atoms with Gasteiger partial charge in [-0.15, -0.1) is 0 Å². The Bertz CT molecular complexity index is 428. The fraction of sp³-hybridized carbons (Fsp3) is 0.462. The van der Waals surface area contributed by atoms with Crippen LogP contribution in [0.25, 0.3) is 0 Å². The number of carbonyl (C=O) groups excluding carboxylic acids is 1. The first kappa shape index (κ1) is 12.7. The van der Waals surface area contributed by atoms with Crippen molar-refractivity contribution < 1.29 is 14.3 Å². The molecule has 0 bridgehead atoms. The van der Waals surface area contributed by atoms with E-state index in [1.807, 2.05) is 12.1 Å². The molecule has 1 aliphatic rings. The van der Waals surface area contributed by atoms with Gasteiger partial charge in [0, 0.05) is 25.8 Å². The number of rotatable bonds is 3. The first-order valence-electron chi connectivity index (χ1n) is 5.99. The van der Waals surface area contributed by atoms with Crippen molar-refractivity contribution in [2.24, 2.45) is 0 Å². The Balaban J connectivity index is 2.26. The highest BCUT2D eigenvalue weighted by Gasteiger charge is 2.15. The van der Waals surface area contributed by atoms with Crippen molar-refractivity contribution in [1.29, 1.82) is 0 Å². The number of anilines is 2. The van der Waals surface area contributed by atoms with Crippen LogP contribution in [0.2, 0.25) is 0 Å². The van der Waals surface area contributed by atoms with Crippen LogP contribution in [-0.2, 0) is 9.47 Å².